The standard InChI is InChI=1S/C21H21N5O3/c1-21(15-7-3-2-4-8-15)13-19(28)26(20(21)29)12-10-18(27)22-14-17-24-23-16-9-5-6-11-25(16)17/h2-9,11H,10,12-14H2,1H3,(H,22,27). The van der Waals surface area contributed by atoms with E-state index in [-0.39, 0.29) is 43.7 Å². The molecule has 1 atom stereocenters. The zero-order valence-electron chi connectivity index (χ0n) is 16.0. The Bertz CT molecular complexity index is 1080. The average molecular weight is 391 g/mol. The molecule has 0 radical (unpaired) electrons. The monoisotopic (exact) mass is 391 g/mol. The SMILES string of the molecule is CC1(c2ccccc2)CC(=O)N(CCC(=O)NCc2nnc3ccccn23)C1=O. The molecular weight excluding hydrogens is 370 g/mol. The molecule has 8 heteroatoms. The van der Waals surface area contributed by atoms with Crippen molar-refractivity contribution in [2.45, 2.75) is 31.7 Å². The second kappa shape index (κ2) is 7.46. The fourth-order valence-electron chi connectivity index (χ4n) is 3.63. The van der Waals surface area contributed by atoms with Crippen LogP contribution in [0.3, 0.4) is 0 Å². The van der Waals surface area contributed by atoms with Gasteiger partial charge in [-0.05, 0) is 24.6 Å². The number of carbonyl (C=O) groups is 3. The molecule has 3 amide bonds. The van der Waals surface area contributed by atoms with Crippen LogP contribution >= 0.6 is 0 Å². The van der Waals surface area contributed by atoms with E-state index < -0.39 is 5.41 Å². The smallest absolute Gasteiger partial charge is 0.240 e. The molecule has 4 rings (SSSR count). The van der Waals surface area contributed by atoms with Gasteiger partial charge in [0, 0.05) is 25.6 Å². The number of imide groups is 1. The molecular formula is C21H21N5O3. The van der Waals surface area contributed by atoms with Crippen LogP contribution < -0.4 is 5.32 Å². The van der Waals surface area contributed by atoms with E-state index in [2.05, 4.69) is 15.5 Å². The highest BCUT2D eigenvalue weighted by Gasteiger charge is 2.49. The molecule has 1 aliphatic heterocycles. The number of fused-ring (bicyclic) bond motifs is 1. The van der Waals surface area contributed by atoms with Crippen LogP contribution in [0.15, 0.2) is 54.7 Å². The first-order chi connectivity index (χ1) is 14.0. The number of hydrogen-bond acceptors (Lipinski definition) is 5. The molecule has 1 fully saturated rings. The molecule has 3 heterocycles. The minimum atomic E-state index is -0.880. The number of benzene rings is 1. The van der Waals surface area contributed by atoms with E-state index >= 15 is 0 Å². The lowest BCUT2D eigenvalue weighted by atomic mass is 9.81. The lowest BCUT2D eigenvalue weighted by molar-refractivity contribution is -0.140. The van der Waals surface area contributed by atoms with Gasteiger partial charge in [-0.15, -0.1) is 10.2 Å². The van der Waals surface area contributed by atoms with Gasteiger partial charge in [0.1, 0.15) is 0 Å². The predicted octanol–water partition coefficient (Wildman–Crippen LogP) is 1.45. The van der Waals surface area contributed by atoms with Crippen molar-refractivity contribution in [3.63, 3.8) is 0 Å². The quantitative estimate of drug-likeness (QED) is 0.642. The van der Waals surface area contributed by atoms with Gasteiger partial charge in [-0.25, -0.2) is 0 Å². The van der Waals surface area contributed by atoms with E-state index in [1.54, 1.807) is 11.3 Å². The topological polar surface area (TPSA) is 96.7 Å². The van der Waals surface area contributed by atoms with Crippen LogP contribution in [0.2, 0.25) is 0 Å². The van der Waals surface area contributed by atoms with Crippen LogP contribution in [0, 0.1) is 0 Å². The summed E-state index contributed by atoms with van der Waals surface area (Å²) in [6.45, 7) is 2.05. The summed E-state index contributed by atoms with van der Waals surface area (Å²) in [7, 11) is 0. The van der Waals surface area contributed by atoms with E-state index in [1.807, 2.05) is 54.7 Å². The predicted molar refractivity (Wildman–Crippen MR) is 105 cm³/mol. The molecule has 2 aromatic heterocycles. The Morgan fingerprint density at radius 3 is 2.66 bits per heavy atom. The molecule has 1 aliphatic rings. The fourth-order valence-corrected chi connectivity index (χ4v) is 3.63. The van der Waals surface area contributed by atoms with Crippen LogP contribution in [0.5, 0.6) is 0 Å². The summed E-state index contributed by atoms with van der Waals surface area (Å²) >= 11 is 0. The van der Waals surface area contributed by atoms with Gasteiger partial charge >= 0.3 is 0 Å². The number of amides is 3. The van der Waals surface area contributed by atoms with Crippen molar-refractivity contribution in [3.8, 4) is 0 Å². The Morgan fingerprint density at radius 2 is 1.86 bits per heavy atom. The van der Waals surface area contributed by atoms with Crippen molar-refractivity contribution in [2.75, 3.05) is 6.54 Å². The van der Waals surface area contributed by atoms with Gasteiger partial charge in [0.25, 0.3) is 0 Å². The van der Waals surface area contributed by atoms with Crippen LogP contribution in [-0.2, 0) is 26.3 Å². The van der Waals surface area contributed by atoms with Gasteiger partial charge in [0.05, 0.1) is 12.0 Å². The molecule has 1 saturated heterocycles. The molecule has 0 bridgehead atoms. The minimum Gasteiger partial charge on any atom is -0.349 e. The van der Waals surface area contributed by atoms with Gasteiger partial charge in [-0.3, -0.25) is 23.7 Å². The second-order valence-electron chi connectivity index (χ2n) is 7.30. The van der Waals surface area contributed by atoms with E-state index in [0.29, 0.717) is 11.5 Å². The number of nitrogens with one attached hydrogen (secondary N) is 1. The largest absolute Gasteiger partial charge is 0.349 e. The molecule has 0 saturated carbocycles. The maximum absolute atomic E-state index is 12.9. The molecule has 1 N–H and O–H groups in total. The highest BCUT2D eigenvalue weighted by Crippen LogP contribution is 2.36. The zero-order valence-corrected chi connectivity index (χ0v) is 16.0. The Morgan fingerprint density at radius 1 is 1.10 bits per heavy atom. The van der Waals surface area contributed by atoms with Gasteiger partial charge in [0.2, 0.25) is 17.7 Å². The third kappa shape index (κ3) is 3.49. The third-order valence-corrected chi connectivity index (χ3v) is 5.32. The number of aromatic nitrogens is 3. The Hall–Kier alpha value is -3.55. The number of pyridine rings is 1. The van der Waals surface area contributed by atoms with E-state index in [1.165, 1.54) is 4.90 Å². The van der Waals surface area contributed by atoms with Crippen LogP contribution in [0.1, 0.15) is 31.2 Å². The normalized spacial score (nSPS) is 19.1. The lowest BCUT2D eigenvalue weighted by Gasteiger charge is -2.22. The molecule has 8 nitrogen and oxygen atoms in total. The average Bonchev–Trinajstić information content (AvgIpc) is 3.25. The van der Waals surface area contributed by atoms with Gasteiger partial charge < -0.3 is 5.32 Å². The van der Waals surface area contributed by atoms with Crippen LogP contribution in [0.25, 0.3) is 5.65 Å². The van der Waals surface area contributed by atoms with Crippen molar-refractivity contribution in [1.29, 1.82) is 0 Å². The third-order valence-electron chi connectivity index (χ3n) is 5.32. The molecule has 29 heavy (non-hydrogen) atoms. The summed E-state index contributed by atoms with van der Waals surface area (Å²) in [5.74, 6) is -0.159. The number of hydrogen-bond donors (Lipinski definition) is 1. The summed E-state index contributed by atoms with van der Waals surface area (Å²) in [6, 6.07) is 14.8. The van der Waals surface area contributed by atoms with Crippen molar-refractivity contribution in [3.05, 3.63) is 66.1 Å². The molecule has 148 valence electrons. The van der Waals surface area contributed by atoms with Crippen molar-refractivity contribution >= 4 is 23.4 Å². The molecule has 0 aliphatic carbocycles. The molecule has 1 unspecified atom stereocenters. The van der Waals surface area contributed by atoms with Gasteiger partial charge in [-0.1, -0.05) is 36.4 Å². The van der Waals surface area contributed by atoms with Crippen LogP contribution in [0.4, 0.5) is 0 Å². The maximum atomic E-state index is 12.9. The number of nitrogens with zero attached hydrogens (tertiary/aromatic N) is 4. The zero-order chi connectivity index (χ0) is 20.4. The Balaban J connectivity index is 1.35. The number of likely N-dealkylation sites (tertiary alicyclic amines) is 1. The van der Waals surface area contributed by atoms with E-state index in [0.717, 1.165) is 5.56 Å². The van der Waals surface area contributed by atoms with Gasteiger partial charge in [-0.2, -0.15) is 0 Å². The first-order valence-electron chi connectivity index (χ1n) is 9.45. The van der Waals surface area contributed by atoms with Crippen molar-refractivity contribution in [1.82, 2.24) is 24.8 Å². The lowest BCUT2D eigenvalue weighted by Crippen LogP contribution is -2.38. The summed E-state index contributed by atoms with van der Waals surface area (Å²) < 4.78 is 1.79. The van der Waals surface area contributed by atoms with E-state index in [9.17, 15) is 14.4 Å². The second-order valence-corrected chi connectivity index (χ2v) is 7.30. The minimum absolute atomic E-state index is 0.0408. The summed E-state index contributed by atoms with van der Waals surface area (Å²) in [6.07, 6.45) is 1.98. The summed E-state index contributed by atoms with van der Waals surface area (Å²) in [4.78, 5) is 38.8. The Labute approximate surface area is 167 Å². The number of carbonyl (C=O) groups excluding carboxylic acids is 3. The van der Waals surface area contributed by atoms with Crippen LogP contribution in [-0.4, -0.2) is 43.8 Å². The molecule has 3 aromatic rings. The fraction of sp³-hybridized carbons (Fsp3) is 0.286. The molecule has 1 aromatic carbocycles. The maximum Gasteiger partial charge on any atom is 0.240 e. The first-order valence-corrected chi connectivity index (χ1v) is 9.45. The van der Waals surface area contributed by atoms with Gasteiger partial charge in [0.15, 0.2) is 11.5 Å². The highest BCUT2D eigenvalue weighted by atomic mass is 16.2. The highest BCUT2D eigenvalue weighted by molar-refractivity contribution is 6.09. The van der Waals surface area contributed by atoms with E-state index in [4.69, 9.17) is 0 Å². The van der Waals surface area contributed by atoms with Crippen molar-refractivity contribution in [2.24, 2.45) is 0 Å². The Kier molecular flexibility index (Phi) is 4.84. The summed E-state index contributed by atoms with van der Waals surface area (Å²) in [5.41, 5.74) is 0.629. The van der Waals surface area contributed by atoms with Crippen molar-refractivity contribution < 1.29 is 14.4 Å². The molecule has 0 spiro atoms. The number of rotatable bonds is 6. The summed E-state index contributed by atoms with van der Waals surface area (Å²) in [5, 5.41) is 10.9. The first kappa shape index (κ1) is 18.8.